The van der Waals surface area contributed by atoms with E-state index in [0.717, 1.165) is 6.42 Å². The molecular formula is C13H12O2. The van der Waals surface area contributed by atoms with Crippen LogP contribution in [0.3, 0.4) is 0 Å². The predicted molar refractivity (Wildman–Crippen MR) is 57.8 cm³/mol. The van der Waals surface area contributed by atoms with Crippen molar-refractivity contribution < 1.29 is 9.21 Å². The Balaban J connectivity index is 1.92. The monoisotopic (exact) mass is 200 g/mol. The Bertz CT molecular complexity index is 415. The normalized spacial score (nSPS) is 10.1. The molecule has 0 amide bonds. The lowest BCUT2D eigenvalue weighted by Gasteiger charge is -1.98. The van der Waals surface area contributed by atoms with Crippen LogP contribution in [-0.2, 0) is 6.42 Å². The van der Waals surface area contributed by atoms with Crippen molar-refractivity contribution in [2.75, 3.05) is 0 Å². The second-order valence-corrected chi connectivity index (χ2v) is 3.42. The van der Waals surface area contributed by atoms with Crippen LogP contribution in [-0.4, -0.2) is 5.78 Å². The minimum Gasteiger partial charge on any atom is -0.472 e. The Morgan fingerprint density at radius 2 is 1.93 bits per heavy atom. The van der Waals surface area contributed by atoms with Gasteiger partial charge in [0.05, 0.1) is 11.8 Å². The lowest BCUT2D eigenvalue weighted by Crippen LogP contribution is -1.99. The first-order valence-corrected chi connectivity index (χ1v) is 4.95. The number of carbonyl (C=O) groups is 1. The van der Waals surface area contributed by atoms with Crippen LogP contribution in [0.2, 0.25) is 0 Å². The van der Waals surface area contributed by atoms with Gasteiger partial charge in [-0.05, 0) is 18.1 Å². The zero-order valence-corrected chi connectivity index (χ0v) is 8.35. The molecule has 0 unspecified atom stereocenters. The molecule has 2 rings (SSSR count). The van der Waals surface area contributed by atoms with Gasteiger partial charge >= 0.3 is 0 Å². The van der Waals surface area contributed by atoms with Crippen molar-refractivity contribution in [3.63, 3.8) is 0 Å². The molecule has 0 saturated heterocycles. The maximum Gasteiger partial charge on any atom is 0.166 e. The highest BCUT2D eigenvalue weighted by Gasteiger charge is 2.06. The summed E-state index contributed by atoms with van der Waals surface area (Å²) < 4.78 is 4.87. The molecule has 0 aliphatic carbocycles. The average Bonchev–Trinajstić information content (AvgIpc) is 2.81. The number of rotatable bonds is 4. The molecule has 0 bridgehead atoms. The van der Waals surface area contributed by atoms with E-state index in [4.69, 9.17) is 4.42 Å². The summed E-state index contributed by atoms with van der Waals surface area (Å²) in [6.07, 6.45) is 4.33. The molecular weight excluding hydrogens is 188 g/mol. The van der Waals surface area contributed by atoms with E-state index in [-0.39, 0.29) is 5.78 Å². The highest BCUT2D eigenvalue weighted by atomic mass is 16.3. The number of hydrogen-bond donors (Lipinski definition) is 0. The predicted octanol–water partition coefficient (Wildman–Crippen LogP) is 3.10. The van der Waals surface area contributed by atoms with Crippen LogP contribution in [0.4, 0.5) is 0 Å². The van der Waals surface area contributed by atoms with Crippen LogP contribution in [0.5, 0.6) is 0 Å². The van der Waals surface area contributed by atoms with Crippen LogP contribution in [0.1, 0.15) is 22.3 Å². The van der Waals surface area contributed by atoms with E-state index in [0.29, 0.717) is 12.0 Å². The second kappa shape index (κ2) is 4.60. The fraction of sp³-hybridized carbons (Fsp3) is 0.154. The summed E-state index contributed by atoms with van der Waals surface area (Å²) in [4.78, 5) is 11.6. The van der Waals surface area contributed by atoms with Crippen LogP contribution < -0.4 is 0 Å². The Kier molecular flexibility index (Phi) is 2.98. The molecule has 0 atom stereocenters. The van der Waals surface area contributed by atoms with Crippen LogP contribution in [0.25, 0.3) is 0 Å². The van der Waals surface area contributed by atoms with Gasteiger partial charge in [0, 0.05) is 6.42 Å². The van der Waals surface area contributed by atoms with E-state index in [2.05, 4.69) is 0 Å². The summed E-state index contributed by atoms with van der Waals surface area (Å²) in [7, 11) is 0. The number of benzene rings is 1. The van der Waals surface area contributed by atoms with E-state index in [9.17, 15) is 4.79 Å². The van der Waals surface area contributed by atoms with Gasteiger partial charge in [-0.1, -0.05) is 30.3 Å². The maximum atomic E-state index is 11.6. The third-order valence-electron chi connectivity index (χ3n) is 2.33. The van der Waals surface area contributed by atoms with E-state index in [1.165, 1.54) is 18.1 Å². The molecule has 2 aromatic rings. The molecule has 0 saturated carbocycles. The first kappa shape index (κ1) is 9.71. The van der Waals surface area contributed by atoms with E-state index in [1.54, 1.807) is 6.07 Å². The highest BCUT2D eigenvalue weighted by Crippen LogP contribution is 2.08. The zero-order chi connectivity index (χ0) is 10.5. The SMILES string of the molecule is O=C(CCc1ccccc1)c1ccoc1. The smallest absolute Gasteiger partial charge is 0.166 e. The number of furan rings is 1. The molecule has 0 radical (unpaired) electrons. The van der Waals surface area contributed by atoms with Crippen molar-refractivity contribution in [2.24, 2.45) is 0 Å². The van der Waals surface area contributed by atoms with Gasteiger partial charge in [0.2, 0.25) is 0 Å². The quantitative estimate of drug-likeness (QED) is 0.710. The lowest BCUT2D eigenvalue weighted by molar-refractivity contribution is 0.0982. The summed E-state index contributed by atoms with van der Waals surface area (Å²) in [5.74, 6) is 0.132. The van der Waals surface area contributed by atoms with E-state index in [1.807, 2.05) is 30.3 Å². The summed E-state index contributed by atoms with van der Waals surface area (Å²) >= 11 is 0. The Morgan fingerprint density at radius 3 is 2.60 bits per heavy atom. The molecule has 2 nitrogen and oxygen atoms in total. The minimum atomic E-state index is 0.132. The molecule has 15 heavy (non-hydrogen) atoms. The fourth-order valence-electron chi connectivity index (χ4n) is 1.47. The van der Waals surface area contributed by atoms with Crippen molar-refractivity contribution >= 4 is 5.78 Å². The van der Waals surface area contributed by atoms with Gasteiger partial charge in [-0.25, -0.2) is 0 Å². The number of Topliss-reactive ketones (excluding diaryl/α,β-unsaturated/α-hetero) is 1. The van der Waals surface area contributed by atoms with Crippen LogP contribution in [0.15, 0.2) is 53.3 Å². The first-order valence-electron chi connectivity index (χ1n) is 4.95. The van der Waals surface area contributed by atoms with Gasteiger partial charge in [-0.3, -0.25) is 4.79 Å². The molecule has 0 fully saturated rings. The third-order valence-corrected chi connectivity index (χ3v) is 2.33. The van der Waals surface area contributed by atoms with E-state index >= 15 is 0 Å². The van der Waals surface area contributed by atoms with Gasteiger partial charge in [0.1, 0.15) is 6.26 Å². The molecule has 1 aromatic heterocycles. The van der Waals surface area contributed by atoms with Crippen molar-refractivity contribution in [3.8, 4) is 0 Å². The number of aryl methyl sites for hydroxylation is 1. The average molecular weight is 200 g/mol. The maximum absolute atomic E-state index is 11.6. The Morgan fingerprint density at radius 1 is 1.13 bits per heavy atom. The van der Waals surface area contributed by atoms with E-state index < -0.39 is 0 Å². The minimum absolute atomic E-state index is 0.132. The molecule has 1 aromatic carbocycles. The molecule has 0 N–H and O–H groups in total. The van der Waals surface area contributed by atoms with Crippen LogP contribution >= 0.6 is 0 Å². The standard InChI is InChI=1S/C13H12O2/c14-13(12-8-9-15-10-12)7-6-11-4-2-1-3-5-11/h1-5,8-10H,6-7H2. The Hall–Kier alpha value is -1.83. The fourth-order valence-corrected chi connectivity index (χ4v) is 1.47. The molecule has 0 spiro atoms. The van der Waals surface area contributed by atoms with Crippen LogP contribution in [0, 0.1) is 0 Å². The van der Waals surface area contributed by atoms with Gasteiger partial charge < -0.3 is 4.42 Å². The largest absolute Gasteiger partial charge is 0.472 e. The summed E-state index contributed by atoms with van der Waals surface area (Å²) in [6, 6.07) is 11.7. The van der Waals surface area contributed by atoms with Gasteiger partial charge in [-0.15, -0.1) is 0 Å². The summed E-state index contributed by atoms with van der Waals surface area (Å²) in [5.41, 5.74) is 1.85. The Labute approximate surface area is 88.5 Å². The molecule has 1 heterocycles. The van der Waals surface area contributed by atoms with Crippen molar-refractivity contribution in [3.05, 3.63) is 60.1 Å². The van der Waals surface area contributed by atoms with Crippen molar-refractivity contribution in [2.45, 2.75) is 12.8 Å². The first-order chi connectivity index (χ1) is 7.36. The molecule has 0 aliphatic heterocycles. The lowest BCUT2D eigenvalue weighted by atomic mass is 10.1. The van der Waals surface area contributed by atoms with Gasteiger partial charge in [-0.2, -0.15) is 0 Å². The topological polar surface area (TPSA) is 30.2 Å². The van der Waals surface area contributed by atoms with Gasteiger partial charge in [0.25, 0.3) is 0 Å². The third kappa shape index (κ3) is 2.56. The second-order valence-electron chi connectivity index (χ2n) is 3.42. The zero-order valence-electron chi connectivity index (χ0n) is 8.35. The molecule has 0 aliphatic rings. The summed E-state index contributed by atoms with van der Waals surface area (Å²) in [5, 5.41) is 0. The van der Waals surface area contributed by atoms with Crippen molar-refractivity contribution in [1.82, 2.24) is 0 Å². The van der Waals surface area contributed by atoms with Gasteiger partial charge in [0.15, 0.2) is 5.78 Å². The number of ketones is 1. The molecule has 2 heteroatoms. The molecule has 76 valence electrons. The highest BCUT2D eigenvalue weighted by molar-refractivity contribution is 5.95. The van der Waals surface area contributed by atoms with Crippen molar-refractivity contribution in [1.29, 1.82) is 0 Å². The summed E-state index contributed by atoms with van der Waals surface area (Å²) in [6.45, 7) is 0. The number of hydrogen-bond acceptors (Lipinski definition) is 2. The number of carbonyl (C=O) groups excluding carboxylic acids is 1.